The van der Waals surface area contributed by atoms with Crippen LogP contribution in [0.2, 0.25) is 0 Å². The number of carboxylic acids is 1. The van der Waals surface area contributed by atoms with Crippen LogP contribution in [0, 0.1) is 6.92 Å². The van der Waals surface area contributed by atoms with Gasteiger partial charge < -0.3 is 9.67 Å². The molecule has 2 heterocycles. The van der Waals surface area contributed by atoms with Gasteiger partial charge in [-0.05, 0) is 18.4 Å². The maximum atomic E-state index is 10.6. The van der Waals surface area contributed by atoms with E-state index in [1.54, 1.807) is 11.3 Å². The van der Waals surface area contributed by atoms with Crippen LogP contribution in [0.5, 0.6) is 0 Å². The average molecular weight is 250 g/mol. The minimum atomic E-state index is -0.785. The summed E-state index contributed by atoms with van der Waals surface area (Å²) in [6.07, 6.45) is 0.613. The Balaban J connectivity index is 2.31. The molecule has 1 N–H and O–H groups in total. The Hall–Kier alpha value is -1.62. The average Bonchev–Trinajstić information content (AvgIpc) is 2.88. The van der Waals surface area contributed by atoms with Crippen LogP contribution >= 0.6 is 11.3 Å². The molecule has 17 heavy (non-hydrogen) atoms. The molecule has 0 aliphatic rings. The van der Waals surface area contributed by atoms with E-state index in [4.69, 9.17) is 5.11 Å². The summed E-state index contributed by atoms with van der Waals surface area (Å²) < 4.78 is 2.02. The fraction of sp³-hybridized carbons (Fsp3) is 0.333. The van der Waals surface area contributed by atoms with Crippen LogP contribution in [-0.4, -0.2) is 20.6 Å². The van der Waals surface area contributed by atoms with Gasteiger partial charge in [0.1, 0.15) is 5.82 Å². The second-order valence-electron chi connectivity index (χ2n) is 3.90. The molecule has 5 heteroatoms. The third-order valence-corrected chi connectivity index (χ3v) is 3.66. The van der Waals surface area contributed by atoms with Crippen molar-refractivity contribution in [2.45, 2.75) is 19.8 Å². The standard InChI is InChI=1S/C12H14N2O2S/c1-8-9(5-6-11(15)16)13-12(14(8)2)10-4-3-7-17-10/h3-4,7H,5-6H2,1-2H3,(H,15,16). The van der Waals surface area contributed by atoms with Gasteiger partial charge in [-0.2, -0.15) is 0 Å². The molecule has 0 radical (unpaired) electrons. The zero-order chi connectivity index (χ0) is 12.4. The van der Waals surface area contributed by atoms with E-state index >= 15 is 0 Å². The largest absolute Gasteiger partial charge is 0.481 e. The van der Waals surface area contributed by atoms with Crippen molar-refractivity contribution in [3.05, 3.63) is 28.9 Å². The molecule has 4 nitrogen and oxygen atoms in total. The first-order valence-electron chi connectivity index (χ1n) is 5.37. The number of nitrogens with zero attached hydrogens (tertiary/aromatic N) is 2. The number of thiophene rings is 1. The zero-order valence-electron chi connectivity index (χ0n) is 9.80. The number of imidazole rings is 1. The second-order valence-corrected chi connectivity index (χ2v) is 4.85. The number of aromatic nitrogens is 2. The van der Waals surface area contributed by atoms with Crippen molar-refractivity contribution >= 4 is 17.3 Å². The maximum Gasteiger partial charge on any atom is 0.303 e. The number of carboxylic acid groups (broad SMARTS) is 1. The lowest BCUT2D eigenvalue weighted by Crippen LogP contribution is -1.99. The molecule has 0 fully saturated rings. The molecule has 0 bridgehead atoms. The predicted molar refractivity (Wildman–Crippen MR) is 67.2 cm³/mol. The Morgan fingerprint density at radius 1 is 1.59 bits per heavy atom. The van der Waals surface area contributed by atoms with Gasteiger partial charge in [-0.25, -0.2) is 4.98 Å². The summed E-state index contributed by atoms with van der Waals surface area (Å²) >= 11 is 1.64. The fourth-order valence-corrected chi connectivity index (χ4v) is 2.47. The molecule has 2 rings (SSSR count). The summed E-state index contributed by atoms with van der Waals surface area (Å²) in [6, 6.07) is 4.01. The van der Waals surface area contributed by atoms with E-state index in [1.807, 2.05) is 36.1 Å². The van der Waals surface area contributed by atoms with Gasteiger partial charge in [0.2, 0.25) is 0 Å². The first kappa shape index (κ1) is 11.9. The van der Waals surface area contributed by atoms with Crippen molar-refractivity contribution in [2.24, 2.45) is 7.05 Å². The first-order valence-corrected chi connectivity index (χ1v) is 6.25. The molecule has 0 aromatic carbocycles. The van der Waals surface area contributed by atoms with Gasteiger partial charge in [0.25, 0.3) is 0 Å². The van der Waals surface area contributed by atoms with Gasteiger partial charge in [0.15, 0.2) is 0 Å². The van der Waals surface area contributed by atoms with E-state index in [0.29, 0.717) is 6.42 Å². The third-order valence-electron chi connectivity index (χ3n) is 2.80. The molecule has 0 spiro atoms. The van der Waals surface area contributed by atoms with Crippen LogP contribution in [0.15, 0.2) is 17.5 Å². The Kier molecular flexibility index (Phi) is 3.28. The van der Waals surface area contributed by atoms with Gasteiger partial charge in [0.05, 0.1) is 17.0 Å². The molecule has 2 aromatic rings. The summed E-state index contributed by atoms with van der Waals surface area (Å²) in [5.41, 5.74) is 1.91. The van der Waals surface area contributed by atoms with E-state index in [2.05, 4.69) is 4.98 Å². The van der Waals surface area contributed by atoms with Gasteiger partial charge in [-0.1, -0.05) is 6.07 Å². The molecule has 0 atom stereocenters. The highest BCUT2D eigenvalue weighted by molar-refractivity contribution is 7.13. The van der Waals surface area contributed by atoms with Crippen LogP contribution < -0.4 is 0 Å². The topological polar surface area (TPSA) is 55.1 Å². The van der Waals surface area contributed by atoms with E-state index in [0.717, 1.165) is 22.1 Å². The van der Waals surface area contributed by atoms with Crippen molar-refractivity contribution in [1.29, 1.82) is 0 Å². The van der Waals surface area contributed by atoms with Crippen molar-refractivity contribution < 1.29 is 9.90 Å². The van der Waals surface area contributed by atoms with Gasteiger partial charge in [0, 0.05) is 19.2 Å². The zero-order valence-corrected chi connectivity index (χ0v) is 10.6. The lowest BCUT2D eigenvalue weighted by atomic mass is 10.2. The number of rotatable bonds is 4. The summed E-state index contributed by atoms with van der Waals surface area (Å²) in [4.78, 5) is 16.2. The van der Waals surface area contributed by atoms with E-state index < -0.39 is 5.97 Å². The van der Waals surface area contributed by atoms with Crippen LogP contribution in [0.4, 0.5) is 0 Å². The van der Waals surface area contributed by atoms with Gasteiger partial charge in [-0.15, -0.1) is 11.3 Å². The highest BCUT2D eigenvalue weighted by Crippen LogP contribution is 2.25. The van der Waals surface area contributed by atoms with Crippen LogP contribution in [0.25, 0.3) is 10.7 Å². The highest BCUT2D eigenvalue weighted by atomic mass is 32.1. The molecular formula is C12H14N2O2S. The van der Waals surface area contributed by atoms with Crippen LogP contribution in [0.1, 0.15) is 17.8 Å². The highest BCUT2D eigenvalue weighted by Gasteiger charge is 2.14. The fourth-order valence-electron chi connectivity index (χ4n) is 1.72. The molecule has 0 saturated carbocycles. The third kappa shape index (κ3) is 2.39. The second kappa shape index (κ2) is 4.71. The minimum Gasteiger partial charge on any atom is -0.481 e. The monoisotopic (exact) mass is 250 g/mol. The molecule has 0 amide bonds. The minimum absolute atomic E-state index is 0.127. The van der Waals surface area contributed by atoms with Crippen molar-refractivity contribution in [2.75, 3.05) is 0 Å². The van der Waals surface area contributed by atoms with Crippen molar-refractivity contribution in [3.63, 3.8) is 0 Å². The number of aliphatic carboxylic acids is 1. The van der Waals surface area contributed by atoms with Gasteiger partial charge in [-0.3, -0.25) is 4.79 Å². The summed E-state index contributed by atoms with van der Waals surface area (Å²) in [5.74, 6) is 0.130. The molecule has 0 saturated heterocycles. The normalized spacial score (nSPS) is 10.7. The van der Waals surface area contributed by atoms with E-state index in [1.165, 1.54) is 0 Å². The van der Waals surface area contributed by atoms with Gasteiger partial charge >= 0.3 is 5.97 Å². The van der Waals surface area contributed by atoms with Crippen molar-refractivity contribution in [3.8, 4) is 10.7 Å². The number of hydrogen-bond acceptors (Lipinski definition) is 3. The molecule has 90 valence electrons. The smallest absolute Gasteiger partial charge is 0.303 e. The summed E-state index contributed by atoms with van der Waals surface area (Å²) in [7, 11) is 1.96. The molecular weight excluding hydrogens is 236 g/mol. The number of hydrogen-bond donors (Lipinski definition) is 1. The summed E-state index contributed by atoms with van der Waals surface area (Å²) in [6.45, 7) is 1.97. The lowest BCUT2D eigenvalue weighted by Gasteiger charge is -2.00. The molecule has 0 unspecified atom stereocenters. The SMILES string of the molecule is Cc1c(CCC(=O)O)nc(-c2cccs2)n1C. The Bertz CT molecular complexity index is 529. The first-order chi connectivity index (χ1) is 8.09. The lowest BCUT2D eigenvalue weighted by molar-refractivity contribution is -0.136. The molecule has 0 aliphatic heterocycles. The Morgan fingerprint density at radius 3 is 2.94 bits per heavy atom. The molecule has 0 aliphatic carbocycles. The van der Waals surface area contributed by atoms with Crippen LogP contribution in [0.3, 0.4) is 0 Å². The predicted octanol–water partition coefficient (Wildman–Crippen LogP) is 2.47. The Morgan fingerprint density at radius 2 is 2.35 bits per heavy atom. The maximum absolute atomic E-state index is 10.6. The van der Waals surface area contributed by atoms with E-state index in [9.17, 15) is 4.79 Å². The summed E-state index contributed by atoms with van der Waals surface area (Å²) in [5, 5.41) is 10.7. The van der Waals surface area contributed by atoms with Crippen LogP contribution in [-0.2, 0) is 18.3 Å². The number of carbonyl (C=O) groups is 1. The van der Waals surface area contributed by atoms with Crippen molar-refractivity contribution in [1.82, 2.24) is 9.55 Å². The Labute approximate surface area is 104 Å². The molecule has 2 aromatic heterocycles. The number of aryl methyl sites for hydroxylation is 1. The quantitative estimate of drug-likeness (QED) is 0.907. The van der Waals surface area contributed by atoms with E-state index in [-0.39, 0.29) is 6.42 Å².